The van der Waals surface area contributed by atoms with Crippen LogP contribution in [0.15, 0.2) is 231 Å². The molecule has 1 aromatic heterocycles. The van der Waals surface area contributed by atoms with Gasteiger partial charge in [0.05, 0.1) is 11.0 Å². The van der Waals surface area contributed by atoms with Gasteiger partial charge < -0.3 is 9.47 Å². The van der Waals surface area contributed by atoms with Gasteiger partial charge >= 0.3 is 0 Å². The highest BCUT2D eigenvalue weighted by Crippen LogP contribution is 2.44. The van der Waals surface area contributed by atoms with Crippen LogP contribution < -0.4 is 4.90 Å². The molecule has 0 aliphatic heterocycles. The Morgan fingerprint density at radius 3 is 1.42 bits per heavy atom. The molecule has 0 unspecified atom stereocenters. The quantitative estimate of drug-likeness (QED) is 0.153. The predicted octanol–water partition coefficient (Wildman–Crippen LogP) is 16.2. The van der Waals surface area contributed by atoms with Gasteiger partial charge in [0.15, 0.2) is 0 Å². The van der Waals surface area contributed by atoms with Crippen molar-refractivity contribution in [3.63, 3.8) is 0 Å². The van der Waals surface area contributed by atoms with Crippen molar-refractivity contribution in [3.05, 3.63) is 231 Å². The fourth-order valence-corrected chi connectivity index (χ4v) is 9.67. The molecule has 0 saturated heterocycles. The molecular formula is C58H38N2. The summed E-state index contributed by atoms with van der Waals surface area (Å²) in [4.78, 5) is 2.38. The molecule has 280 valence electrons. The van der Waals surface area contributed by atoms with Crippen LogP contribution in [0.4, 0.5) is 17.1 Å². The highest BCUT2D eigenvalue weighted by atomic mass is 15.1. The SMILES string of the molecule is c1ccc(-c2cccc3cccc(-c4ccc5c6ccc(N(c7ccccc7)c7ccc(-n8c9ccccc9c9ccccc98)cc7)cc6c6ccccc6c5c4)c23)cc1. The predicted molar refractivity (Wildman–Crippen MR) is 256 cm³/mol. The Bertz CT molecular complexity index is 3500. The number of nitrogens with zero attached hydrogens (tertiary/aromatic N) is 2. The zero-order valence-corrected chi connectivity index (χ0v) is 32.8. The number of aromatic nitrogens is 1. The minimum atomic E-state index is 1.10. The monoisotopic (exact) mass is 762 g/mol. The molecular weight excluding hydrogens is 725 g/mol. The molecule has 1 heterocycles. The van der Waals surface area contributed by atoms with Gasteiger partial charge in [-0.1, -0.05) is 164 Å². The lowest BCUT2D eigenvalue weighted by Gasteiger charge is -2.26. The molecule has 0 bridgehead atoms. The average Bonchev–Trinajstić information content (AvgIpc) is 3.66. The summed E-state index contributed by atoms with van der Waals surface area (Å²) in [5, 5.41) is 12.6. The van der Waals surface area contributed by atoms with Gasteiger partial charge in [-0.2, -0.15) is 0 Å². The van der Waals surface area contributed by atoms with E-state index in [1.54, 1.807) is 0 Å². The van der Waals surface area contributed by atoms with Crippen molar-refractivity contribution >= 4 is 82.0 Å². The van der Waals surface area contributed by atoms with Crippen LogP contribution in [0.25, 0.3) is 92.8 Å². The van der Waals surface area contributed by atoms with Crippen molar-refractivity contribution in [2.24, 2.45) is 0 Å². The van der Waals surface area contributed by atoms with Gasteiger partial charge in [0.1, 0.15) is 0 Å². The Morgan fingerprint density at radius 1 is 0.283 bits per heavy atom. The Hall–Kier alpha value is -7.94. The first kappa shape index (κ1) is 34.1. The minimum Gasteiger partial charge on any atom is -0.310 e. The van der Waals surface area contributed by atoms with Gasteiger partial charge in [-0.05, 0) is 132 Å². The standard InChI is InChI=1S/C58H38N2/c1-3-15-39(16-4-1)46-25-13-17-40-18-14-26-47(58(40)46)41-29-35-50-51-36-34-45(38-55(51)49-22-8-7-21-48(49)54(50)37-41)59(42-19-5-2-6-20-42)43-30-32-44(33-31-43)60-56-27-11-9-23-52(56)53-24-10-12-28-57(53)60/h1-38H. The molecule has 0 atom stereocenters. The first-order valence-corrected chi connectivity index (χ1v) is 20.7. The highest BCUT2D eigenvalue weighted by molar-refractivity contribution is 6.26. The van der Waals surface area contributed by atoms with Crippen molar-refractivity contribution in [2.45, 2.75) is 0 Å². The topological polar surface area (TPSA) is 8.17 Å². The summed E-state index contributed by atoms with van der Waals surface area (Å²) < 4.78 is 2.38. The molecule has 12 aromatic rings. The largest absolute Gasteiger partial charge is 0.310 e. The number of para-hydroxylation sites is 3. The van der Waals surface area contributed by atoms with Crippen LogP contribution in [-0.2, 0) is 0 Å². The lowest BCUT2D eigenvalue weighted by atomic mass is 9.88. The van der Waals surface area contributed by atoms with Crippen molar-refractivity contribution in [1.82, 2.24) is 4.57 Å². The maximum absolute atomic E-state index is 2.41. The summed E-state index contributed by atoms with van der Waals surface area (Å²) >= 11 is 0. The van der Waals surface area contributed by atoms with Crippen LogP contribution in [0.3, 0.4) is 0 Å². The summed E-state index contributed by atoms with van der Waals surface area (Å²) in [5.41, 5.74) is 11.8. The Kier molecular flexibility index (Phi) is 7.89. The summed E-state index contributed by atoms with van der Waals surface area (Å²) in [6, 6.07) is 84.2. The maximum atomic E-state index is 2.41. The molecule has 12 rings (SSSR count). The molecule has 2 nitrogen and oxygen atoms in total. The number of hydrogen-bond acceptors (Lipinski definition) is 1. The molecule has 0 aliphatic carbocycles. The lowest BCUT2D eigenvalue weighted by Crippen LogP contribution is -2.10. The van der Waals surface area contributed by atoms with Crippen LogP contribution in [0.5, 0.6) is 0 Å². The Balaban J connectivity index is 1.01. The molecule has 11 aromatic carbocycles. The normalized spacial score (nSPS) is 11.7. The zero-order chi connectivity index (χ0) is 39.6. The van der Waals surface area contributed by atoms with E-state index < -0.39 is 0 Å². The molecule has 0 fully saturated rings. The van der Waals surface area contributed by atoms with E-state index in [2.05, 4.69) is 240 Å². The zero-order valence-electron chi connectivity index (χ0n) is 32.8. The molecule has 60 heavy (non-hydrogen) atoms. The van der Waals surface area contributed by atoms with Crippen molar-refractivity contribution < 1.29 is 0 Å². The Morgan fingerprint density at radius 2 is 0.767 bits per heavy atom. The third kappa shape index (κ3) is 5.42. The number of benzene rings is 11. The second-order valence-corrected chi connectivity index (χ2v) is 15.7. The first-order valence-electron chi connectivity index (χ1n) is 20.7. The van der Waals surface area contributed by atoms with Gasteiger partial charge in [0.2, 0.25) is 0 Å². The first-order chi connectivity index (χ1) is 29.8. The molecule has 0 radical (unpaired) electrons. The average molecular weight is 763 g/mol. The summed E-state index contributed by atoms with van der Waals surface area (Å²) in [5.74, 6) is 0. The van der Waals surface area contributed by atoms with Gasteiger partial charge in [-0.15, -0.1) is 0 Å². The second kappa shape index (κ2) is 13.9. The van der Waals surface area contributed by atoms with Gasteiger partial charge in [-0.25, -0.2) is 0 Å². The number of anilines is 3. The fraction of sp³-hybridized carbons (Fsp3) is 0. The molecule has 0 saturated carbocycles. The van der Waals surface area contributed by atoms with Crippen molar-refractivity contribution in [1.29, 1.82) is 0 Å². The van der Waals surface area contributed by atoms with Crippen molar-refractivity contribution in [3.8, 4) is 27.9 Å². The van der Waals surface area contributed by atoms with E-state index in [0.717, 1.165) is 22.7 Å². The van der Waals surface area contributed by atoms with Crippen LogP contribution in [-0.4, -0.2) is 4.57 Å². The maximum Gasteiger partial charge on any atom is 0.0541 e. The highest BCUT2D eigenvalue weighted by Gasteiger charge is 2.18. The van der Waals surface area contributed by atoms with E-state index in [9.17, 15) is 0 Å². The van der Waals surface area contributed by atoms with E-state index in [-0.39, 0.29) is 0 Å². The van der Waals surface area contributed by atoms with Gasteiger partial charge in [0.25, 0.3) is 0 Å². The van der Waals surface area contributed by atoms with E-state index in [1.807, 2.05) is 0 Å². The molecule has 0 aliphatic rings. The number of hydrogen-bond donors (Lipinski definition) is 0. The molecule has 2 heteroatoms. The molecule has 0 amide bonds. The van der Waals surface area contributed by atoms with E-state index in [4.69, 9.17) is 0 Å². The van der Waals surface area contributed by atoms with Crippen molar-refractivity contribution in [2.75, 3.05) is 4.90 Å². The van der Waals surface area contributed by atoms with E-state index in [0.29, 0.717) is 0 Å². The lowest BCUT2D eigenvalue weighted by molar-refractivity contribution is 1.17. The van der Waals surface area contributed by atoms with E-state index in [1.165, 1.54) is 87.1 Å². The molecule has 0 spiro atoms. The van der Waals surface area contributed by atoms with Crippen LogP contribution in [0.1, 0.15) is 0 Å². The number of fused-ring (bicyclic) bond motifs is 10. The van der Waals surface area contributed by atoms with Gasteiger partial charge in [-0.3, -0.25) is 0 Å². The summed E-state index contributed by atoms with van der Waals surface area (Å²) in [6.45, 7) is 0. The summed E-state index contributed by atoms with van der Waals surface area (Å²) in [6.07, 6.45) is 0. The molecule has 0 N–H and O–H groups in total. The van der Waals surface area contributed by atoms with E-state index >= 15 is 0 Å². The minimum absolute atomic E-state index is 1.10. The van der Waals surface area contributed by atoms with Gasteiger partial charge in [0, 0.05) is 33.5 Å². The number of rotatable bonds is 6. The third-order valence-corrected chi connectivity index (χ3v) is 12.3. The third-order valence-electron chi connectivity index (χ3n) is 12.3. The van der Waals surface area contributed by atoms with Crippen LogP contribution in [0, 0.1) is 0 Å². The summed E-state index contributed by atoms with van der Waals surface area (Å²) in [7, 11) is 0. The van der Waals surface area contributed by atoms with Crippen LogP contribution >= 0.6 is 0 Å². The van der Waals surface area contributed by atoms with Crippen LogP contribution in [0.2, 0.25) is 0 Å². The fourth-order valence-electron chi connectivity index (χ4n) is 9.67. The second-order valence-electron chi connectivity index (χ2n) is 15.7. The Labute approximate surface area is 348 Å². The smallest absolute Gasteiger partial charge is 0.0541 e.